The average molecular weight is 361 g/mol. The number of carbonyl (C=O) groups excluding carboxylic acids is 1. The van der Waals surface area contributed by atoms with Gasteiger partial charge in [0.15, 0.2) is 5.69 Å². The third kappa shape index (κ3) is 3.10. The van der Waals surface area contributed by atoms with Crippen molar-refractivity contribution < 1.29 is 9.53 Å². The molecule has 0 aliphatic carbocycles. The number of nitrogens with zero attached hydrogens (tertiary/aromatic N) is 3. The predicted octanol–water partition coefficient (Wildman–Crippen LogP) is 4.17. The molecular formula is C22H23N3O2. The molecule has 4 rings (SSSR count). The van der Waals surface area contributed by atoms with Crippen molar-refractivity contribution in [1.82, 2.24) is 14.7 Å². The molecule has 1 aromatic heterocycles. The largest absolute Gasteiger partial charge is 0.497 e. The van der Waals surface area contributed by atoms with Crippen LogP contribution >= 0.6 is 0 Å². The molecule has 0 saturated carbocycles. The fourth-order valence-corrected chi connectivity index (χ4v) is 3.40. The summed E-state index contributed by atoms with van der Waals surface area (Å²) in [5.41, 5.74) is 3.15. The summed E-state index contributed by atoms with van der Waals surface area (Å²) < 4.78 is 7.09. The van der Waals surface area contributed by atoms with Crippen LogP contribution in [0.5, 0.6) is 5.75 Å². The molecule has 1 aliphatic rings. The summed E-state index contributed by atoms with van der Waals surface area (Å²) in [5, 5.41) is 4.66. The number of hydrogen-bond donors (Lipinski definition) is 0. The van der Waals surface area contributed by atoms with E-state index in [4.69, 9.17) is 4.74 Å². The number of rotatable bonds is 4. The summed E-state index contributed by atoms with van der Waals surface area (Å²) in [6.45, 7) is 4.96. The smallest absolute Gasteiger partial charge is 0.274 e. The zero-order valence-corrected chi connectivity index (χ0v) is 15.8. The van der Waals surface area contributed by atoms with Gasteiger partial charge in [-0.3, -0.25) is 4.79 Å². The van der Waals surface area contributed by atoms with Gasteiger partial charge in [-0.1, -0.05) is 18.2 Å². The molecule has 0 N–H and O–H groups in total. The van der Waals surface area contributed by atoms with Crippen LogP contribution in [0.25, 0.3) is 16.9 Å². The summed E-state index contributed by atoms with van der Waals surface area (Å²) >= 11 is 0. The van der Waals surface area contributed by atoms with Gasteiger partial charge in [-0.25, -0.2) is 4.68 Å². The van der Waals surface area contributed by atoms with Crippen LogP contribution in [0, 0.1) is 0 Å². The van der Waals surface area contributed by atoms with Gasteiger partial charge in [-0.15, -0.1) is 0 Å². The quantitative estimate of drug-likeness (QED) is 0.701. The van der Waals surface area contributed by atoms with Gasteiger partial charge in [0.2, 0.25) is 0 Å². The second kappa shape index (κ2) is 6.58. The summed E-state index contributed by atoms with van der Waals surface area (Å²) in [4.78, 5) is 14.9. The lowest BCUT2D eigenvalue weighted by Crippen LogP contribution is -2.58. The second-order valence-electron chi connectivity index (χ2n) is 7.41. The minimum absolute atomic E-state index is 0.0179. The Morgan fingerprint density at radius 2 is 1.78 bits per heavy atom. The first-order valence-electron chi connectivity index (χ1n) is 9.11. The number of hydrogen-bond acceptors (Lipinski definition) is 3. The molecular weight excluding hydrogens is 338 g/mol. The minimum Gasteiger partial charge on any atom is -0.497 e. The Kier molecular flexibility index (Phi) is 4.22. The standard InChI is InChI=1S/C22H23N3O2/c1-22(2)13-14-24(22)21(26)19-15-20(16-9-11-18(27-3)12-10-16)25(23-19)17-7-5-4-6-8-17/h4-12,15H,13-14H2,1-3H3. The molecule has 0 atom stereocenters. The third-order valence-electron chi connectivity index (χ3n) is 5.24. The van der Waals surface area contributed by atoms with E-state index in [1.165, 1.54) is 0 Å². The molecule has 2 heterocycles. The predicted molar refractivity (Wildman–Crippen MR) is 105 cm³/mol. The Bertz CT molecular complexity index is 959. The Hall–Kier alpha value is -3.08. The SMILES string of the molecule is COc1ccc(-c2cc(C(=O)N3CCC3(C)C)nn2-c2ccccc2)cc1. The van der Waals surface area contributed by atoms with Crippen molar-refractivity contribution in [2.45, 2.75) is 25.8 Å². The molecule has 5 heteroatoms. The Morgan fingerprint density at radius 1 is 1.07 bits per heavy atom. The molecule has 0 bridgehead atoms. The molecule has 1 amide bonds. The highest BCUT2D eigenvalue weighted by Crippen LogP contribution is 2.32. The average Bonchev–Trinajstić information content (AvgIpc) is 3.13. The molecule has 1 aliphatic heterocycles. The first-order valence-corrected chi connectivity index (χ1v) is 9.11. The van der Waals surface area contributed by atoms with Gasteiger partial charge in [0.25, 0.3) is 5.91 Å². The van der Waals surface area contributed by atoms with Crippen molar-refractivity contribution in [3.05, 3.63) is 66.4 Å². The van der Waals surface area contributed by atoms with Gasteiger partial charge < -0.3 is 9.64 Å². The Morgan fingerprint density at radius 3 is 2.33 bits per heavy atom. The highest BCUT2D eigenvalue weighted by Gasteiger charge is 2.40. The van der Waals surface area contributed by atoms with Crippen LogP contribution in [-0.4, -0.2) is 39.8 Å². The number of ether oxygens (including phenoxy) is 1. The maximum atomic E-state index is 13.0. The highest BCUT2D eigenvalue weighted by atomic mass is 16.5. The molecule has 0 unspecified atom stereocenters. The number of methoxy groups -OCH3 is 1. The van der Waals surface area contributed by atoms with E-state index in [1.54, 1.807) is 7.11 Å². The molecule has 3 aromatic rings. The van der Waals surface area contributed by atoms with E-state index in [0.717, 1.165) is 35.7 Å². The number of likely N-dealkylation sites (tertiary alicyclic amines) is 1. The number of para-hydroxylation sites is 1. The van der Waals surface area contributed by atoms with Crippen LogP contribution in [0.4, 0.5) is 0 Å². The van der Waals surface area contributed by atoms with Gasteiger partial charge in [0, 0.05) is 17.6 Å². The van der Waals surface area contributed by atoms with Crippen LogP contribution in [-0.2, 0) is 0 Å². The Labute approximate surface area is 159 Å². The van der Waals surface area contributed by atoms with Crippen molar-refractivity contribution in [2.24, 2.45) is 0 Å². The van der Waals surface area contributed by atoms with E-state index in [9.17, 15) is 4.79 Å². The summed E-state index contributed by atoms with van der Waals surface area (Å²) in [6, 6.07) is 19.6. The van der Waals surface area contributed by atoms with Crippen molar-refractivity contribution >= 4 is 5.91 Å². The lowest BCUT2D eigenvalue weighted by molar-refractivity contribution is 0.0151. The van der Waals surface area contributed by atoms with Crippen molar-refractivity contribution in [3.8, 4) is 22.7 Å². The van der Waals surface area contributed by atoms with Gasteiger partial charge in [-0.05, 0) is 62.7 Å². The maximum Gasteiger partial charge on any atom is 0.274 e. The molecule has 27 heavy (non-hydrogen) atoms. The molecule has 138 valence electrons. The maximum absolute atomic E-state index is 13.0. The van der Waals surface area contributed by atoms with E-state index < -0.39 is 0 Å². The van der Waals surface area contributed by atoms with E-state index in [0.29, 0.717) is 5.69 Å². The number of carbonyl (C=O) groups is 1. The Balaban J connectivity index is 1.79. The first kappa shape index (κ1) is 17.3. The minimum atomic E-state index is -0.103. The topological polar surface area (TPSA) is 47.4 Å². The summed E-state index contributed by atoms with van der Waals surface area (Å²) in [7, 11) is 1.65. The van der Waals surface area contributed by atoms with Crippen molar-refractivity contribution in [1.29, 1.82) is 0 Å². The normalized spacial score (nSPS) is 15.3. The number of amides is 1. The fourth-order valence-electron chi connectivity index (χ4n) is 3.40. The van der Waals surface area contributed by atoms with Gasteiger partial charge in [-0.2, -0.15) is 5.10 Å². The number of aromatic nitrogens is 2. The van der Waals surface area contributed by atoms with Crippen LogP contribution < -0.4 is 4.74 Å². The number of benzene rings is 2. The molecule has 0 radical (unpaired) electrons. The van der Waals surface area contributed by atoms with Crippen LogP contribution in [0.3, 0.4) is 0 Å². The van der Waals surface area contributed by atoms with E-state index in [-0.39, 0.29) is 11.4 Å². The summed E-state index contributed by atoms with van der Waals surface area (Å²) in [5.74, 6) is 0.777. The van der Waals surface area contributed by atoms with Gasteiger partial charge >= 0.3 is 0 Å². The van der Waals surface area contributed by atoms with Crippen molar-refractivity contribution in [2.75, 3.05) is 13.7 Å². The lowest BCUT2D eigenvalue weighted by atomic mass is 9.88. The van der Waals surface area contributed by atoms with Gasteiger partial charge in [0.05, 0.1) is 18.5 Å². The van der Waals surface area contributed by atoms with E-state index in [2.05, 4.69) is 18.9 Å². The summed E-state index contributed by atoms with van der Waals surface area (Å²) in [6.07, 6.45) is 1.02. The third-order valence-corrected chi connectivity index (χ3v) is 5.24. The molecule has 1 saturated heterocycles. The molecule has 0 spiro atoms. The van der Waals surface area contributed by atoms with Crippen LogP contribution in [0.15, 0.2) is 60.7 Å². The monoisotopic (exact) mass is 361 g/mol. The zero-order chi connectivity index (χ0) is 19.0. The van der Waals surface area contributed by atoms with Gasteiger partial charge in [0.1, 0.15) is 5.75 Å². The second-order valence-corrected chi connectivity index (χ2v) is 7.41. The van der Waals surface area contributed by atoms with E-state index in [1.807, 2.05) is 70.2 Å². The van der Waals surface area contributed by atoms with Crippen LogP contribution in [0.2, 0.25) is 0 Å². The fraction of sp³-hybridized carbons (Fsp3) is 0.273. The molecule has 1 fully saturated rings. The van der Waals surface area contributed by atoms with Crippen LogP contribution in [0.1, 0.15) is 30.8 Å². The lowest BCUT2D eigenvalue weighted by Gasteiger charge is -2.48. The molecule has 2 aromatic carbocycles. The van der Waals surface area contributed by atoms with E-state index >= 15 is 0 Å². The molecule has 5 nitrogen and oxygen atoms in total. The first-order chi connectivity index (χ1) is 13.0. The van der Waals surface area contributed by atoms with Crippen molar-refractivity contribution in [3.63, 3.8) is 0 Å². The highest BCUT2D eigenvalue weighted by molar-refractivity contribution is 5.94. The zero-order valence-electron chi connectivity index (χ0n) is 15.8.